The van der Waals surface area contributed by atoms with Crippen molar-refractivity contribution in [3.63, 3.8) is 0 Å². The van der Waals surface area contributed by atoms with Crippen molar-refractivity contribution < 1.29 is 13.2 Å². The molecule has 1 aliphatic rings. The molecule has 0 amide bonds. The minimum atomic E-state index is -3.44. The SMILES string of the molecule is COCC1CCCN(S(=O)(=O)c2ccc(N)cc2C)C1. The fourth-order valence-electron chi connectivity index (χ4n) is 2.72. The topological polar surface area (TPSA) is 72.6 Å². The lowest BCUT2D eigenvalue weighted by atomic mass is 10.0. The van der Waals surface area contributed by atoms with Crippen LogP contribution in [-0.4, -0.2) is 39.5 Å². The number of benzene rings is 1. The quantitative estimate of drug-likeness (QED) is 0.857. The Morgan fingerprint density at radius 2 is 2.20 bits per heavy atom. The Balaban J connectivity index is 2.25. The Kier molecular flexibility index (Phi) is 4.67. The van der Waals surface area contributed by atoms with Crippen molar-refractivity contribution in [1.82, 2.24) is 4.31 Å². The standard InChI is InChI=1S/C14H22N2O3S/c1-11-8-13(15)5-6-14(11)20(17,18)16-7-3-4-12(9-16)10-19-2/h5-6,8,12H,3-4,7,9-10,15H2,1-2H3. The van der Waals surface area contributed by atoms with Gasteiger partial charge in [0.1, 0.15) is 0 Å². The van der Waals surface area contributed by atoms with Crippen LogP contribution >= 0.6 is 0 Å². The van der Waals surface area contributed by atoms with Crippen LogP contribution in [-0.2, 0) is 14.8 Å². The molecule has 0 aliphatic carbocycles. The first-order chi connectivity index (χ1) is 9.45. The number of hydrogen-bond donors (Lipinski definition) is 1. The smallest absolute Gasteiger partial charge is 0.243 e. The minimum absolute atomic E-state index is 0.276. The van der Waals surface area contributed by atoms with E-state index in [1.165, 1.54) is 0 Å². The normalized spacial score (nSPS) is 21.0. The van der Waals surface area contributed by atoms with Crippen LogP contribution in [0.1, 0.15) is 18.4 Å². The van der Waals surface area contributed by atoms with Gasteiger partial charge in [0.25, 0.3) is 0 Å². The van der Waals surface area contributed by atoms with Gasteiger partial charge in [-0.1, -0.05) is 0 Å². The first kappa shape index (κ1) is 15.3. The van der Waals surface area contributed by atoms with Crippen molar-refractivity contribution in [2.45, 2.75) is 24.7 Å². The summed E-state index contributed by atoms with van der Waals surface area (Å²) < 4.78 is 32.1. The van der Waals surface area contributed by atoms with E-state index >= 15 is 0 Å². The molecule has 1 aromatic rings. The molecule has 2 N–H and O–H groups in total. The number of sulfonamides is 1. The van der Waals surface area contributed by atoms with Gasteiger partial charge in [0, 0.05) is 25.9 Å². The minimum Gasteiger partial charge on any atom is -0.399 e. The van der Waals surface area contributed by atoms with Crippen LogP contribution in [0.25, 0.3) is 0 Å². The fraction of sp³-hybridized carbons (Fsp3) is 0.571. The lowest BCUT2D eigenvalue weighted by molar-refractivity contribution is 0.118. The average molecular weight is 298 g/mol. The second-order valence-corrected chi connectivity index (χ2v) is 7.26. The molecular weight excluding hydrogens is 276 g/mol. The summed E-state index contributed by atoms with van der Waals surface area (Å²) in [6, 6.07) is 4.93. The molecule has 112 valence electrons. The first-order valence-corrected chi connectivity index (χ1v) is 8.24. The number of piperidine rings is 1. The predicted octanol–water partition coefficient (Wildman–Crippen LogP) is 1.62. The van der Waals surface area contributed by atoms with Crippen molar-refractivity contribution in [1.29, 1.82) is 0 Å². The molecule has 0 saturated carbocycles. The van der Waals surface area contributed by atoms with Gasteiger partial charge in [-0.15, -0.1) is 0 Å². The molecule has 5 nitrogen and oxygen atoms in total. The number of rotatable bonds is 4. The summed E-state index contributed by atoms with van der Waals surface area (Å²) in [5, 5.41) is 0. The summed E-state index contributed by atoms with van der Waals surface area (Å²) in [5.41, 5.74) is 6.96. The van der Waals surface area contributed by atoms with E-state index in [1.807, 2.05) is 0 Å². The number of nitrogen functional groups attached to an aromatic ring is 1. The Morgan fingerprint density at radius 3 is 2.85 bits per heavy atom. The number of methoxy groups -OCH3 is 1. The van der Waals surface area contributed by atoms with Gasteiger partial charge in [-0.05, 0) is 49.4 Å². The summed E-state index contributed by atoms with van der Waals surface area (Å²) in [4.78, 5) is 0.352. The van der Waals surface area contributed by atoms with Gasteiger partial charge >= 0.3 is 0 Å². The number of hydrogen-bond acceptors (Lipinski definition) is 4. The van der Waals surface area contributed by atoms with Crippen molar-refractivity contribution >= 4 is 15.7 Å². The van der Waals surface area contributed by atoms with E-state index in [9.17, 15) is 8.42 Å². The maximum Gasteiger partial charge on any atom is 0.243 e. The largest absolute Gasteiger partial charge is 0.399 e. The van der Waals surface area contributed by atoms with Crippen LogP contribution in [0.2, 0.25) is 0 Å². The summed E-state index contributed by atoms with van der Waals surface area (Å²) in [6.07, 6.45) is 1.89. The van der Waals surface area contributed by atoms with Crippen LogP contribution in [0.5, 0.6) is 0 Å². The van der Waals surface area contributed by atoms with E-state index in [2.05, 4.69) is 0 Å². The number of nitrogens with zero attached hydrogens (tertiary/aromatic N) is 1. The lowest BCUT2D eigenvalue weighted by Crippen LogP contribution is -2.41. The van der Waals surface area contributed by atoms with Crippen LogP contribution in [0.4, 0.5) is 5.69 Å². The zero-order valence-corrected chi connectivity index (χ0v) is 12.8. The molecule has 1 saturated heterocycles. The molecule has 1 fully saturated rings. The fourth-order valence-corrected chi connectivity index (χ4v) is 4.48. The highest BCUT2D eigenvalue weighted by Gasteiger charge is 2.31. The molecule has 1 aromatic carbocycles. The third-order valence-electron chi connectivity index (χ3n) is 3.70. The molecule has 1 unspecified atom stereocenters. The molecule has 1 heterocycles. The second-order valence-electron chi connectivity index (χ2n) is 5.35. The highest BCUT2D eigenvalue weighted by Crippen LogP contribution is 2.26. The molecular formula is C14H22N2O3S. The van der Waals surface area contributed by atoms with E-state index in [4.69, 9.17) is 10.5 Å². The van der Waals surface area contributed by atoms with Crippen molar-refractivity contribution in [2.24, 2.45) is 5.92 Å². The average Bonchev–Trinajstić information content (AvgIpc) is 2.39. The van der Waals surface area contributed by atoms with Crippen LogP contribution in [0.3, 0.4) is 0 Å². The van der Waals surface area contributed by atoms with Crippen molar-refractivity contribution in [3.8, 4) is 0 Å². The number of ether oxygens (including phenoxy) is 1. The highest BCUT2D eigenvalue weighted by atomic mass is 32.2. The van der Waals surface area contributed by atoms with E-state index in [1.54, 1.807) is 36.5 Å². The van der Waals surface area contributed by atoms with Crippen LogP contribution in [0.15, 0.2) is 23.1 Å². The van der Waals surface area contributed by atoms with Gasteiger partial charge in [-0.25, -0.2) is 8.42 Å². The summed E-state index contributed by atoms with van der Waals surface area (Å²) in [7, 11) is -1.79. The molecule has 1 atom stereocenters. The molecule has 6 heteroatoms. The Hall–Kier alpha value is -1.11. The predicted molar refractivity (Wildman–Crippen MR) is 79.0 cm³/mol. The van der Waals surface area contributed by atoms with E-state index in [0.29, 0.717) is 35.8 Å². The second kappa shape index (κ2) is 6.11. The van der Waals surface area contributed by atoms with E-state index < -0.39 is 10.0 Å². The third kappa shape index (κ3) is 3.13. The molecule has 2 rings (SSSR count). The summed E-state index contributed by atoms with van der Waals surface area (Å²) in [6.45, 7) is 3.49. The summed E-state index contributed by atoms with van der Waals surface area (Å²) >= 11 is 0. The van der Waals surface area contributed by atoms with Crippen LogP contribution in [0, 0.1) is 12.8 Å². The van der Waals surface area contributed by atoms with Gasteiger partial charge < -0.3 is 10.5 Å². The maximum atomic E-state index is 12.7. The van der Waals surface area contributed by atoms with Gasteiger partial charge in [0.15, 0.2) is 0 Å². The molecule has 20 heavy (non-hydrogen) atoms. The van der Waals surface area contributed by atoms with E-state index in [-0.39, 0.29) is 5.92 Å². The van der Waals surface area contributed by atoms with Gasteiger partial charge in [0.05, 0.1) is 11.5 Å². The number of aryl methyl sites for hydroxylation is 1. The Bertz CT molecular complexity index is 570. The molecule has 1 aliphatic heterocycles. The van der Waals surface area contributed by atoms with Crippen molar-refractivity contribution in [2.75, 3.05) is 32.5 Å². The van der Waals surface area contributed by atoms with Crippen LogP contribution < -0.4 is 5.73 Å². The first-order valence-electron chi connectivity index (χ1n) is 6.80. The molecule has 0 aromatic heterocycles. The van der Waals surface area contributed by atoms with E-state index in [0.717, 1.165) is 12.8 Å². The maximum absolute atomic E-state index is 12.7. The zero-order valence-electron chi connectivity index (χ0n) is 12.0. The van der Waals surface area contributed by atoms with Gasteiger partial charge in [0.2, 0.25) is 10.0 Å². The molecule has 0 bridgehead atoms. The van der Waals surface area contributed by atoms with Gasteiger partial charge in [-0.2, -0.15) is 4.31 Å². The molecule has 0 spiro atoms. The summed E-state index contributed by atoms with van der Waals surface area (Å²) in [5.74, 6) is 0.276. The van der Waals surface area contributed by atoms with Gasteiger partial charge in [-0.3, -0.25) is 0 Å². The zero-order chi connectivity index (χ0) is 14.8. The number of nitrogens with two attached hydrogens (primary N) is 1. The molecule has 0 radical (unpaired) electrons. The third-order valence-corrected chi connectivity index (χ3v) is 5.73. The monoisotopic (exact) mass is 298 g/mol. The number of anilines is 1. The highest BCUT2D eigenvalue weighted by molar-refractivity contribution is 7.89. The lowest BCUT2D eigenvalue weighted by Gasteiger charge is -2.31. The van der Waals surface area contributed by atoms with Crippen molar-refractivity contribution in [3.05, 3.63) is 23.8 Å². The Morgan fingerprint density at radius 1 is 1.45 bits per heavy atom. The Labute approximate surface area is 120 Å².